The topological polar surface area (TPSA) is 0 Å². The first kappa shape index (κ1) is 13.3. The molecule has 18 heavy (non-hydrogen) atoms. The minimum atomic E-state index is -2.21. The van der Waals surface area contributed by atoms with Crippen LogP contribution >= 0.6 is 60.3 Å². The van der Waals surface area contributed by atoms with Gasteiger partial charge in [0.1, 0.15) is 0 Å². The molecule has 0 aliphatic heterocycles. The molecule has 0 fully saturated rings. The summed E-state index contributed by atoms with van der Waals surface area (Å²) in [5.41, 5.74) is 0. The van der Waals surface area contributed by atoms with Crippen LogP contribution in [0, 0.1) is 0 Å². The fourth-order valence-electron chi connectivity index (χ4n) is 2.13. The predicted octanol–water partition coefficient (Wildman–Crippen LogP) is 4.68. The number of thiophene rings is 3. The summed E-state index contributed by atoms with van der Waals surface area (Å²) < 4.78 is -2.21. The van der Waals surface area contributed by atoms with Gasteiger partial charge in [-0.3, -0.25) is 0 Å². The molecule has 0 aliphatic rings. The molecule has 0 aliphatic carbocycles. The summed E-state index contributed by atoms with van der Waals surface area (Å²) in [6.07, 6.45) is 0. The van der Waals surface area contributed by atoms with Crippen LogP contribution in [-0.2, 0) is 0 Å². The molecule has 0 unspecified atom stereocenters. The van der Waals surface area contributed by atoms with E-state index in [-0.39, 0.29) is 0 Å². The first-order valence-corrected chi connectivity index (χ1v) is 13.7. The molecule has 0 aromatic carbocycles. The quantitative estimate of drug-likeness (QED) is 0.425. The molecule has 3 heterocycles. The second-order valence-electron chi connectivity index (χ2n) is 4.37. The van der Waals surface area contributed by atoms with Gasteiger partial charge >= 0.3 is 133 Å². The van der Waals surface area contributed by atoms with Gasteiger partial charge in [0.2, 0.25) is 0 Å². The fraction of sp³-hybridized carbons (Fsp3) is 0.0769. The molecule has 3 aromatic rings. The standard InChI is InChI=1S/C13H12IPS3/c1-15(14,11-2-5-16-8-11,12-3-6-17-9-12)13-4-7-18-10-13/h2-10H,1H3. The Labute approximate surface area is 132 Å². The molecule has 0 amide bonds. The predicted molar refractivity (Wildman–Crippen MR) is 98.7 cm³/mol. The third-order valence-electron chi connectivity index (χ3n) is 3.36. The van der Waals surface area contributed by atoms with Crippen LogP contribution in [0.1, 0.15) is 0 Å². The molecule has 0 saturated heterocycles. The molecule has 0 spiro atoms. The Hall–Kier alpha value is 0.260. The SMILES string of the molecule is CP(I)(c1ccsc1)(c1ccsc1)c1ccsc1. The number of rotatable bonds is 3. The van der Waals surface area contributed by atoms with E-state index in [1.165, 1.54) is 15.9 Å². The molecule has 3 rings (SSSR count). The van der Waals surface area contributed by atoms with Crippen molar-refractivity contribution in [2.45, 2.75) is 0 Å². The molecule has 0 nitrogen and oxygen atoms in total. The van der Waals surface area contributed by atoms with E-state index < -0.39 is 4.25 Å². The van der Waals surface area contributed by atoms with E-state index in [1.54, 1.807) is 34.0 Å². The van der Waals surface area contributed by atoms with Gasteiger partial charge in [0.25, 0.3) is 0 Å². The fourth-order valence-corrected chi connectivity index (χ4v) is 14.2. The Morgan fingerprint density at radius 3 is 1.33 bits per heavy atom. The Balaban J connectivity index is 2.34. The summed E-state index contributed by atoms with van der Waals surface area (Å²) in [5, 5.41) is 18.0. The van der Waals surface area contributed by atoms with Crippen LogP contribution in [0.2, 0.25) is 0 Å². The van der Waals surface area contributed by atoms with E-state index in [0.29, 0.717) is 0 Å². The van der Waals surface area contributed by atoms with Gasteiger partial charge in [-0.15, -0.1) is 0 Å². The van der Waals surface area contributed by atoms with Crippen LogP contribution in [0.5, 0.6) is 0 Å². The van der Waals surface area contributed by atoms with E-state index in [4.69, 9.17) is 0 Å². The van der Waals surface area contributed by atoms with Crippen molar-refractivity contribution in [1.29, 1.82) is 0 Å². The zero-order valence-electron chi connectivity index (χ0n) is 9.75. The van der Waals surface area contributed by atoms with Crippen molar-refractivity contribution in [3.63, 3.8) is 0 Å². The van der Waals surface area contributed by atoms with Crippen LogP contribution in [0.15, 0.2) is 50.5 Å². The number of hydrogen-bond donors (Lipinski definition) is 0. The van der Waals surface area contributed by atoms with Crippen LogP contribution in [0.25, 0.3) is 0 Å². The third kappa shape index (κ3) is 1.85. The van der Waals surface area contributed by atoms with Crippen molar-refractivity contribution in [3.05, 3.63) is 50.5 Å². The van der Waals surface area contributed by atoms with Gasteiger partial charge in [-0.2, -0.15) is 0 Å². The van der Waals surface area contributed by atoms with Gasteiger partial charge in [0, 0.05) is 0 Å². The molecule has 94 valence electrons. The molecule has 0 atom stereocenters. The average molecular weight is 422 g/mol. The van der Waals surface area contributed by atoms with E-state index in [0.717, 1.165) is 0 Å². The second-order valence-corrected chi connectivity index (χ2v) is 18.4. The van der Waals surface area contributed by atoms with Crippen molar-refractivity contribution in [2.75, 3.05) is 6.66 Å². The summed E-state index contributed by atoms with van der Waals surface area (Å²) in [7, 11) is 0. The van der Waals surface area contributed by atoms with Crippen LogP contribution in [0.4, 0.5) is 0 Å². The van der Waals surface area contributed by atoms with Crippen molar-refractivity contribution >= 4 is 76.2 Å². The van der Waals surface area contributed by atoms with E-state index in [2.05, 4.69) is 79.2 Å². The maximum atomic E-state index is 2.75. The molecular weight excluding hydrogens is 410 g/mol. The summed E-state index contributed by atoms with van der Waals surface area (Å²) in [4.78, 5) is 0. The van der Waals surface area contributed by atoms with Gasteiger partial charge < -0.3 is 0 Å². The summed E-state index contributed by atoms with van der Waals surface area (Å²) in [6.45, 7) is 2.46. The van der Waals surface area contributed by atoms with Gasteiger partial charge in [0.05, 0.1) is 0 Å². The van der Waals surface area contributed by atoms with Crippen LogP contribution in [0.3, 0.4) is 0 Å². The van der Waals surface area contributed by atoms with Crippen molar-refractivity contribution in [1.82, 2.24) is 0 Å². The molecular formula is C13H12IPS3. The Kier molecular flexibility index (Phi) is 3.44. The number of halogens is 1. The molecule has 5 heteroatoms. The van der Waals surface area contributed by atoms with Gasteiger partial charge in [0.15, 0.2) is 0 Å². The van der Waals surface area contributed by atoms with Gasteiger partial charge in [-0.05, 0) is 0 Å². The average Bonchev–Trinajstić information content (AvgIpc) is 3.13. The molecule has 3 aromatic heterocycles. The van der Waals surface area contributed by atoms with Crippen LogP contribution < -0.4 is 15.9 Å². The Morgan fingerprint density at radius 2 is 1.11 bits per heavy atom. The summed E-state index contributed by atoms with van der Waals surface area (Å²) in [5.74, 6) is 0. The molecule has 0 N–H and O–H groups in total. The molecule has 0 saturated carbocycles. The van der Waals surface area contributed by atoms with E-state index in [1.807, 2.05) is 0 Å². The van der Waals surface area contributed by atoms with Gasteiger partial charge in [-0.1, -0.05) is 0 Å². The Bertz CT molecular complexity index is 533. The maximum absolute atomic E-state index is 2.75. The van der Waals surface area contributed by atoms with Crippen molar-refractivity contribution in [2.24, 2.45) is 0 Å². The normalized spacial score (nSPS) is 14.2. The molecule has 0 bridgehead atoms. The molecule has 0 radical (unpaired) electrons. The summed E-state index contributed by atoms with van der Waals surface area (Å²) >= 11 is 8.13. The zero-order valence-corrected chi connectivity index (χ0v) is 15.2. The Morgan fingerprint density at radius 1 is 0.778 bits per heavy atom. The van der Waals surface area contributed by atoms with Gasteiger partial charge in [-0.25, -0.2) is 0 Å². The van der Waals surface area contributed by atoms with Crippen molar-refractivity contribution < 1.29 is 0 Å². The van der Waals surface area contributed by atoms with Crippen molar-refractivity contribution in [3.8, 4) is 0 Å². The monoisotopic (exact) mass is 422 g/mol. The second kappa shape index (κ2) is 4.67. The first-order valence-electron chi connectivity index (χ1n) is 5.43. The van der Waals surface area contributed by atoms with E-state index >= 15 is 0 Å². The zero-order chi connectivity index (χ0) is 12.7. The first-order chi connectivity index (χ1) is 8.62. The third-order valence-corrected chi connectivity index (χ3v) is 15.5. The number of hydrogen-bond acceptors (Lipinski definition) is 3. The summed E-state index contributed by atoms with van der Waals surface area (Å²) in [6, 6.07) is 6.89. The van der Waals surface area contributed by atoms with Crippen LogP contribution in [-0.4, -0.2) is 6.66 Å². The minimum absolute atomic E-state index is 1.49. The van der Waals surface area contributed by atoms with E-state index in [9.17, 15) is 0 Å².